The molecule has 0 aliphatic heterocycles. The summed E-state index contributed by atoms with van der Waals surface area (Å²) >= 11 is 0. The van der Waals surface area contributed by atoms with Crippen LogP contribution in [0, 0.1) is 0 Å². The third-order valence-electron chi connectivity index (χ3n) is 4.34. The number of ether oxygens (including phenoxy) is 5. The minimum atomic E-state index is -1.13. The van der Waals surface area contributed by atoms with Gasteiger partial charge in [-0.1, -0.05) is 37.4 Å². The van der Waals surface area contributed by atoms with E-state index in [9.17, 15) is 14.4 Å². The predicted molar refractivity (Wildman–Crippen MR) is 124 cm³/mol. The molecule has 1 aromatic carbocycles. The van der Waals surface area contributed by atoms with E-state index >= 15 is 0 Å². The van der Waals surface area contributed by atoms with Crippen LogP contribution in [0.2, 0.25) is 0 Å². The van der Waals surface area contributed by atoms with E-state index in [1.807, 2.05) is 0 Å². The van der Waals surface area contributed by atoms with Gasteiger partial charge in [0.2, 0.25) is 11.8 Å². The molecule has 0 aliphatic carbocycles. The molecule has 0 saturated heterocycles. The SMILES string of the molecule is C=CCOC(=O)CCC(NC(=O)c1ccccc1Oc1nc(OC)cc(OC)n1)C(=O)OCC=C. The Morgan fingerprint density at radius 2 is 1.63 bits per heavy atom. The molecular formula is C24H27N3O8. The van der Waals surface area contributed by atoms with E-state index < -0.39 is 23.9 Å². The number of amides is 1. The molecule has 1 amide bonds. The Bertz CT molecular complexity index is 1030. The van der Waals surface area contributed by atoms with Crippen LogP contribution in [0.3, 0.4) is 0 Å². The van der Waals surface area contributed by atoms with E-state index in [1.165, 1.54) is 44.6 Å². The van der Waals surface area contributed by atoms with E-state index in [0.717, 1.165) is 0 Å². The molecule has 35 heavy (non-hydrogen) atoms. The maximum atomic E-state index is 13.1. The van der Waals surface area contributed by atoms with Gasteiger partial charge >= 0.3 is 17.9 Å². The van der Waals surface area contributed by atoms with Crippen LogP contribution in [-0.2, 0) is 19.1 Å². The number of hydrogen-bond acceptors (Lipinski definition) is 10. The van der Waals surface area contributed by atoms with Crippen molar-refractivity contribution in [2.75, 3.05) is 27.4 Å². The average Bonchev–Trinajstić information content (AvgIpc) is 2.88. The first-order valence-electron chi connectivity index (χ1n) is 10.5. The predicted octanol–water partition coefficient (Wildman–Crippen LogP) is 2.62. The first-order valence-corrected chi connectivity index (χ1v) is 10.5. The van der Waals surface area contributed by atoms with E-state index in [-0.39, 0.29) is 55.1 Å². The van der Waals surface area contributed by atoms with Crippen molar-refractivity contribution in [3.63, 3.8) is 0 Å². The molecule has 0 saturated carbocycles. The van der Waals surface area contributed by atoms with Gasteiger partial charge in [0.05, 0.1) is 25.8 Å². The van der Waals surface area contributed by atoms with Crippen molar-refractivity contribution in [3.05, 3.63) is 61.2 Å². The van der Waals surface area contributed by atoms with Gasteiger partial charge in [0.15, 0.2) is 0 Å². The number of nitrogens with zero attached hydrogens (tertiary/aromatic N) is 2. The Morgan fingerprint density at radius 3 is 2.26 bits per heavy atom. The summed E-state index contributed by atoms with van der Waals surface area (Å²) in [5.74, 6) is -1.41. The van der Waals surface area contributed by atoms with Crippen molar-refractivity contribution in [2.24, 2.45) is 0 Å². The summed E-state index contributed by atoms with van der Waals surface area (Å²) < 4.78 is 25.9. The Hall–Kier alpha value is -4.41. The molecule has 11 heteroatoms. The molecule has 0 spiro atoms. The number of aromatic nitrogens is 2. The number of nitrogens with one attached hydrogen (secondary N) is 1. The average molecular weight is 485 g/mol. The van der Waals surface area contributed by atoms with E-state index in [0.29, 0.717) is 0 Å². The number of rotatable bonds is 14. The second kappa shape index (κ2) is 14.0. The molecule has 1 heterocycles. The van der Waals surface area contributed by atoms with Gasteiger partial charge in [-0.2, -0.15) is 9.97 Å². The van der Waals surface area contributed by atoms with Crippen molar-refractivity contribution in [2.45, 2.75) is 18.9 Å². The molecular weight excluding hydrogens is 458 g/mol. The summed E-state index contributed by atoms with van der Waals surface area (Å²) in [6, 6.07) is 6.51. The molecule has 1 aromatic heterocycles. The molecule has 1 unspecified atom stereocenters. The van der Waals surface area contributed by atoms with Crippen LogP contribution in [0.4, 0.5) is 0 Å². The van der Waals surface area contributed by atoms with E-state index in [1.54, 1.807) is 12.1 Å². The summed E-state index contributed by atoms with van der Waals surface area (Å²) in [6.07, 6.45) is 2.64. The van der Waals surface area contributed by atoms with Crippen molar-refractivity contribution < 1.29 is 38.1 Å². The Labute approximate surface area is 202 Å². The number of esters is 2. The zero-order valence-corrected chi connectivity index (χ0v) is 19.5. The minimum Gasteiger partial charge on any atom is -0.481 e. The largest absolute Gasteiger partial charge is 0.481 e. The first kappa shape index (κ1) is 26.8. The summed E-state index contributed by atoms with van der Waals surface area (Å²) in [6.45, 7) is 6.94. The molecule has 2 aromatic rings. The lowest BCUT2D eigenvalue weighted by Gasteiger charge is -2.18. The Morgan fingerprint density at radius 1 is 1.00 bits per heavy atom. The maximum absolute atomic E-state index is 13.1. The summed E-state index contributed by atoms with van der Waals surface area (Å²) in [5.41, 5.74) is 0.0913. The van der Waals surface area contributed by atoms with Crippen molar-refractivity contribution >= 4 is 17.8 Å². The minimum absolute atomic E-state index is 0.0403. The molecule has 0 aliphatic rings. The lowest BCUT2D eigenvalue weighted by molar-refractivity contribution is -0.146. The maximum Gasteiger partial charge on any atom is 0.328 e. The highest BCUT2D eigenvalue weighted by molar-refractivity contribution is 5.99. The zero-order valence-electron chi connectivity index (χ0n) is 19.5. The van der Waals surface area contributed by atoms with Crippen molar-refractivity contribution in [3.8, 4) is 23.5 Å². The van der Waals surface area contributed by atoms with Gasteiger partial charge in [-0.25, -0.2) is 4.79 Å². The van der Waals surface area contributed by atoms with Gasteiger partial charge in [0.1, 0.15) is 25.0 Å². The summed E-state index contributed by atoms with van der Waals surface area (Å²) in [5, 5.41) is 2.58. The van der Waals surface area contributed by atoms with Gasteiger partial charge in [0, 0.05) is 6.42 Å². The molecule has 0 fully saturated rings. The highest BCUT2D eigenvalue weighted by Crippen LogP contribution is 2.26. The van der Waals surface area contributed by atoms with Crippen LogP contribution in [0.15, 0.2) is 55.6 Å². The van der Waals surface area contributed by atoms with E-state index in [2.05, 4.69) is 28.4 Å². The van der Waals surface area contributed by atoms with Crippen LogP contribution in [0.5, 0.6) is 23.5 Å². The lowest BCUT2D eigenvalue weighted by atomic mass is 10.1. The van der Waals surface area contributed by atoms with Gasteiger partial charge in [0.25, 0.3) is 5.91 Å². The zero-order chi connectivity index (χ0) is 25.6. The van der Waals surface area contributed by atoms with Crippen LogP contribution >= 0.6 is 0 Å². The van der Waals surface area contributed by atoms with Gasteiger partial charge in [-0.05, 0) is 18.6 Å². The van der Waals surface area contributed by atoms with Gasteiger partial charge in [-0.3, -0.25) is 9.59 Å². The molecule has 186 valence electrons. The van der Waals surface area contributed by atoms with Crippen LogP contribution in [0.25, 0.3) is 0 Å². The molecule has 1 atom stereocenters. The first-order chi connectivity index (χ1) is 16.9. The number of methoxy groups -OCH3 is 2. The van der Waals surface area contributed by atoms with Gasteiger partial charge in [-0.15, -0.1) is 0 Å². The fourth-order valence-corrected chi connectivity index (χ4v) is 2.69. The second-order valence-electron chi connectivity index (χ2n) is 6.79. The summed E-state index contributed by atoms with van der Waals surface area (Å²) in [4.78, 5) is 45.6. The summed E-state index contributed by atoms with van der Waals surface area (Å²) in [7, 11) is 2.84. The fraction of sp³-hybridized carbons (Fsp3) is 0.292. The highest BCUT2D eigenvalue weighted by Gasteiger charge is 2.25. The second-order valence-corrected chi connectivity index (χ2v) is 6.79. The van der Waals surface area contributed by atoms with Crippen molar-refractivity contribution in [1.82, 2.24) is 15.3 Å². The number of benzene rings is 1. The number of hydrogen-bond donors (Lipinski definition) is 1. The number of carbonyl (C=O) groups excluding carboxylic acids is 3. The van der Waals surface area contributed by atoms with Crippen LogP contribution in [0.1, 0.15) is 23.2 Å². The van der Waals surface area contributed by atoms with Crippen LogP contribution in [-0.4, -0.2) is 61.3 Å². The fourth-order valence-electron chi connectivity index (χ4n) is 2.69. The molecule has 2 rings (SSSR count). The normalized spacial score (nSPS) is 10.9. The molecule has 1 N–H and O–H groups in total. The topological polar surface area (TPSA) is 135 Å². The lowest BCUT2D eigenvalue weighted by Crippen LogP contribution is -2.42. The molecule has 0 radical (unpaired) electrons. The third-order valence-corrected chi connectivity index (χ3v) is 4.34. The number of para-hydroxylation sites is 1. The Kier molecular flexibility index (Phi) is 10.7. The van der Waals surface area contributed by atoms with Gasteiger partial charge < -0.3 is 29.0 Å². The van der Waals surface area contributed by atoms with Crippen LogP contribution < -0.4 is 19.5 Å². The Balaban J connectivity index is 2.22. The highest BCUT2D eigenvalue weighted by atomic mass is 16.5. The van der Waals surface area contributed by atoms with E-state index in [4.69, 9.17) is 23.7 Å². The molecule has 11 nitrogen and oxygen atoms in total. The smallest absolute Gasteiger partial charge is 0.328 e. The monoisotopic (exact) mass is 485 g/mol. The number of carbonyl (C=O) groups is 3. The molecule has 0 bridgehead atoms. The van der Waals surface area contributed by atoms with Crippen molar-refractivity contribution in [1.29, 1.82) is 0 Å². The standard InChI is InChI=1S/C24H27N3O8/c1-5-13-33-21(28)12-11-17(23(30)34-14-6-2)25-22(29)16-9-7-8-10-18(16)35-24-26-19(31-3)15-20(27-24)32-4/h5-10,15,17H,1-2,11-14H2,3-4H3,(H,25,29). The quantitative estimate of drug-likeness (QED) is 0.314. The third kappa shape index (κ3) is 8.46.